The highest BCUT2D eigenvalue weighted by Gasteiger charge is 2.29. The summed E-state index contributed by atoms with van der Waals surface area (Å²) < 4.78 is 25.3. The Morgan fingerprint density at radius 1 is 1.33 bits per heavy atom. The summed E-state index contributed by atoms with van der Waals surface area (Å²) >= 11 is 2.19. The Bertz CT molecular complexity index is 293. The molecule has 0 spiro atoms. The molecule has 0 aliphatic heterocycles. The molecule has 64 valence electrons. The summed E-state index contributed by atoms with van der Waals surface area (Å²) in [6.07, 6.45) is 0.407. The van der Waals surface area contributed by atoms with E-state index in [-0.39, 0.29) is 11.1 Å². The van der Waals surface area contributed by atoms with Crippen molar-refractivity contribution >= 4 is 22.2 Å². The Kier molecular flexibility index (Phi) is 2.57. The number of hydrogen-bond donors (Lipinski definition) is 0. The van der Waals surface area contributed by atoms with Crippen LogP contribution in [0.15, 0.2) is 24.3 Å². The van der Waals surface area contributed by atoms with Crippen molar-refractivity contribution in [1.82, 2.24) is 0 Å². The van der Waals surface area contributed by atoms with E-state index < -0.39 is 4.83 Å². The highest BCUT2D eigenvalue weighted by atomic mass is 79.9. The van der Waals surface area contributed by atoms with Crippen LogP contribution in [0.2, 0.25) is 0 Å². The second-order valence-electron chi connectivity index (χ2n) is 2.20. The van der Waals surface area contributed by atoms with E-state index in [2.05, 4.69) is 15.9 Å². The van der Waals surface area contributed by atoms with Gasteiger partial charge in [-0.15, -0.1) is 0 Å². The van der Waals surface area contributed by atoms with Crippen LogP contribution in [-0.4, -0.2) is 6.29 Å². The summed E-state index contributed by atoms with van der Waals surface area (Å²) in [5.74, 6) is 0. The molecular weight excluding hydrogens is 230 g/mol. The first-order valence-corrected chi connectivity index (χ1v) is 3.96. The van der Waals surface area contributed by atoms with Crippen LogP contribution in [0.25, 0.3) is 0 Å². The zero-order chi connectivity index (χ0) is 9.19. The van der Waals surface area contributed by atoms with Gasteiger partial charge < -0.3 is 0 Å². The number of carbonyl (C=O) groups is 1. The highest BCUT2D eigenvalue weighted by Crippen LogP contribution is 2.35. The second-order valence-corrected chi connectivity index (χ2v) is 3.20. The van der Waals surface area contributed by atoms with E-state index in [0.29, 0.717) is 6.29 Å². The molecule has 0 heterocycles. The minimum atomic E-state index is -3.13. The number of rotatable bonds is 2. The molecule has 12 heavy (non-hydrogen) atoms. The number of aldehydes is 1. The van der Waals surface area contributed by atoms with Gasteiger partial charge in [0.15, 0.2) is 6.29 Å². The Labute approximate surface area is 76.5 Å². The maximum absolute atomic E-state index is 12.7. The molecule has 0 unspecified atom stereocenters. The first-order chi connectivity index (χ1) is 5.55. The summed E-state index contributed by atoms with van der Waals surface area (Å²) in [5, 5.41) is 0. The van der Waals surface area contributed by atoms with E-state index in [1.165, 1.54) is 24.3 Å². The molecule has 0 aliphatic rings. The van der Waals surface area contributed by atoms with E-state index in [9.17, 15) is 13.6 Å². The lowest BCUT2D eigenvalue weighted by atomic mass is 10.1. The van der Waals surface area contributed by atoms with E-state index in [1.807, 2.05) is 0 Å². The summed E-state index contributed by atoms with van der Waals surface area (Å²) in [7, 11) is 0. The third kappa shape index (κ3) is 1.88. The Balaban J connectivity index is 3.23. The van der Waals surface area contributed by atoms with Gasteiger partial charge in [0.2, 0.25) is 0 Å². The summed E-state index contributed by atoms with van der Waals surface area (Å²) in [5.41, 5.74) is -0.306. The van der Waals surface area contributed by atoms with Crippen molar-refractivity contribution in [2.75, 3.05) is 0 Å². The number of benzene rings is 1. The number of carbonyl (C=O) groups excluding carboxylic acids is 1. The number of hydrogen-bond acceptors (Lipinski definition) is 1. The maximum Gasteiger partial charge on any atom is 0.327 e. The monoisotopic (exact) mass is 234 g/mol. The molecule has 0 aliphatic carbocycles. The molecule has 0 saturated carbocycles. The first kappa shape index (κ1) is 9.32. The maximum atomic E-state index is 12.7. The normalized spacial score (nSPS) is 11.2. The van der Waals surface area contributed by atoms with Gasteiger partial charge in [-0.05, 0) is 15.9 Å². The van der Waals surface area contributed by atoms with Gasteiger partial charge >= 0.3 is 4.83 Å². The quantitative estimate of drug-likeness (QED) is 0.568. The molecule has 0 radical (unpaired) electrons. The van der Waals surface area contributed by atoms with Gasteiger partial charge in [0, 0.05) is 11.1 Å². The Morgan fingerprint density at radius 2 is 1.92 bits per heavy atom. The van der Waals surface area contributed by atoms with Crippen LogP contribution in [0.4, 0.5) is 8.78 Å². The van der Waals surface area contributed by atoms with Crippen molar-refractivity contribution in [3.05, 3.63) is 35.4 Å². The average molecular weight is 235 g/mol. The van der Waals surface area contributed by atoms with Gasteiger partial charge in [0.1, 0.15) is 0 Å². The topological polar surface area (TPSA) is 17.1 Å². The van der Waals surface area contributed by atoms with Crippen molar-refractivity contribution in [3.8, 4) is 0 Å². The van der Waals surface area contributed by atoms with Crippen LogP contribution in [0.3, 0.4) is 0 Å². The molecule has 4 heteroatoms. The molecule has 1 nitrogen and oxygen atoms in total. The van der Waals surface area contributed by atoms with Crippen molar-refractivity contribution < 1.29 is 13.6 Å². The first-order valence-electron chi connectivity index (χ1n) is 3.17. The average Bonchev–Trinajstić information content (AvgIpc) is 2.03. The van der Waals surface area contributed by atoms with Crippen LogP contribution < -0.4 is 0 Å². The molecule has 0 amide bonds. The molecule has 0 saturated heterocycles. The standard InChI is InChI=1S/C8H5BrF2O/c9-8(10,11)7-4-2-1-3-6(7)5-12/h1-5H. The molecule has 1 aromatic carbocycles. The molecule has 0 aromatic heterocycles. The lowest BCUT2D eigenvalue weighted by Crippen LogP contribution is -2.06. The van der Waals surface area contributed by atoms with Crippen LogP contribution >= 0.6 is 15.9 Å². The SMILES string of the molecule is O=Cc1ccccc1C(F)(F)Br. The van der Waals surface area contributed by atoms with Gasteiger partial charge in [-0.3, -0.25) is 4.79 Å². The van der Waals surface area contributed by atoms with E-state index >= 15 is 0 Å². The van der Waals surface area contributed by atoms with Crippen LogP contribution in [0.5, 0.6) is 0 Å². The van der Waals surface area contributed by atoms with Gasteiger partial charge in [0.25, 0.3) is 0 Å². The van der Waals surface area contributed by atoms with E-state index in [1.54, 1.807) is 0 Å². The highest BCUT2D eigenvalue weighted by molar-refractivity contribution is 9.09. The molecule has 1 aromatic rings. The molecule has 0 bridgehead atoms. The number of halogens is 3. The molecular formula is C8H5BrF2O. The van der Waals surface area contributed by atoms with Crippen molar-refractivity contribution in [2.45, 2.75) is 4.83 Å². The van der Waals surface area contributed by atoms with Crippen LogP contribution in [0.1, 0.15) is 15.9 Å². The summed E-state index contributed by atoms with van der Waals surface area (Å²) in [4.78, 5) is 7.19. The van der Waals surface area contributed by atoms with Gasteiger partial charge in [0.05, 0.1) is 0 Å². The fourth-order valence-electron chi connectivity index (χ4n) is 0.858. The largest absolute Gasteiger partial charge is 0.327 e. The minimum absolute atomic E-state index is 0.000579. The Hall–Kier alpha value is -0.770. The summed E-state index contributed by atoms with van der Waals surface area (Å²) in [6.45, 7) is 0. The number of alkyl halides is 3. The third-order valence-electron chi connectivity index (χ3n) is 1.39. The van der Waals surface area contributed by atoms with E-state index in [4.69, 9.17) is 0 Å². The van der Waals surface area contributed by atoms with E-state index in [0.717, 1.165) is 0 Å². The van der Waals surface area contributed by atoms with Gasteiger partial charge in [-0.25, -0.2) is 0 Å². The summed E-state index contributed by atoms with van der Waals surface area (Å²) in [6, 6.07) is 5.54. The molecule has 0 atom stereocenters. The smallest absolute Gasteiger partial charge is 0.298 e. The fraction of sp³-hybridized carbons (Fsp3) is 0.125. The molecule has 0 N–H and O–H groups in total. The van der Waals surface area contributed by atoms with Crippen molar-refractivity contribution in [2.24, 2.45) is 0 Å². The molecule has 1 rings (SSSR count). The lowest BCUT2D eigenvalue weighted by molar-refractivity contribution is 0.105. The van der Waals surface area contributed by atoms with Crippen LogP contribution in [-0.2, 0) is 4.83 Å². The lowest BCUT2D eigenvalue weighted by Gasteiger charge is -2.09. The predicted octanol–water partition coefficient (Wildman–Crippen LogP) is 2.94. The van der Waals surface area contributed by atoms with Gasteiger partial charge in [-0.1, -0.05) is 24.3 Å². The zero-order valence-corrected chi connectivity index (χ0v) is 7.51. The van der Waals surface area contributed by atoms with Crippen molar-refractivity contribution in [1.29, 1.82) is 0 Å². The van der Waals surface area contributed by atoms with Crippen molar-refractivity contribution in [3.63, 3.8) is 0 Å². The minimum Gasteiger partial charge on any atom is -0.298 e. The predicted molar refractivity (Wildman–Crippen MR) is 44.7 cm³/mol. The zero-order valence-electron chi connectivity index (χ0n) is 5.93. The third-order valence-corrected chi connectivity index (χ3v) is 1.82. The Morgan fingerprint density at radius 3 is 2.33 bits per heavy atom. The fourth-order valence-corrected chi connectivity index (χ4v) is 1.22. The molecule has 0 fully saturated rings. The van der Waals surface area contributed by atoms with Gasteiger partial charge in [-0.2, -0.15) is 8.78 Å². The second kappa shape index (κ2) is 3.31. The van der Waals surface area contributed by atoms with Crippen LogP contribution in [0, 0.1) is 0 Å².